The van der Waals surface area contributed by atoms with Gasteiger partial charge in [0.15, 0.2) is 0 Å². The summed E-state index contributed by atoms with van der Waals surface area (Å²) in [6, 6.07) is 8.09. The minimum Gasteiger partial charge on any atom is -0.352 e. The van der Waals surface area contributed by atoms with E-state index in [1.54, 1.807) is 11.3 Å². The Morgan fingerprint density at radius 1 is 1.38 bits per heavy atom. The summed E-state index contributed by atoms with van der Waals surface area (Å²) in [5.41, 5.74) is -0.162. The van der Waals surface area contributed by atoms with Crippen LogP contribution in [-0.2, 0) is 6.42 Å². The fraction of sp³-hybridized carbons (Fsp3) is 0.154. The van der Waals surface area contributed by atoms with Crippen molar-refractivity contribution >= 4 is 50.5 Å². The molecule has 0 aliphatic rings. The first kappa shape index (κ1) is 15.9. The molecule has 0 fully saturated rings. The number of amides is 1. The number of carbonyl (C=O) groups excluding carboxylic acids is 1. The molecule has 1 aromatic heterocycles. The van der Waals surface area contributed by atoms with Crippen molar-refractivity contribution in [3.8, 4) is 0 Å². The topological polar surface area (TPSA) is 72.2 Å². The smallest absolute Gasteiger partial charge is 0.288 e. The lowest BCUT2D eigenvalue weighted by atomic mass is 10.2. The molecular weight excluding hydrogens is 380 g/mol. The number of nitro benzene ring substituents is 1. The molecule has 1 amide bonds. The van der Waals surface area contributed by atoms with Gasteiger partial charge in [-0.25, -0.2) is 0 Å². The third-order valence-electron chi connectivity index (χ3n) is 2.71. The highest BCUT2D eigenvalue weighted by Gasteiger charge is 2.19. The first-order chi connectivity index (χ1) is 9.99. The predicted molar refractivity (Wildman–Crippen MR) is 86.2 cm³/mol. The average molecular weight is 390 g/mol. The van der Waals surface area contributed by atoms with Crippen LogP contribution < -0.4 is 5.32 Å². The first-order valence-electron chi connectivity index (χ1n) is 5.94. The van der Waals surface area contributed by atoms with Crippen LogP contribution in [0.4, 0.5) is 5.69 Å². The Bertz CT molecular complexity index is 690. The summed E-state index contributed by atoms with van der Waals surface area (Å²) in [5.74, 6) is -0.417. The number of thiophene rings is 1. The normalized spacial score (nSPS) is 10.4. The second-order valence-electron chi connectivity index (χ2n) is 4.11. The van der Waals surface area contributed by atoms with Gasteiger partial charge in [-0.05, 0) is 40.5 Å². The van der Waals surface area contributed by atoms with Crippen LogP contribution in [0, 0.1) is 10.1 Å². The SMILES string of the molecule is O=C(NCCc1ccc(Br)s1)c1cccc([N+](=O)[O-])c1Cl. The molecule has 5 nitrogen and oxygen atoms in total. The quantitative estimate of drug-likeness (QED) is 0.619. The maximum atomic E-state index is 12.0. The van der Waals surface area contributed by atoms with Gasteiger partial charge in [0.05, 0.1) is 14.3 Å². The lowest BCUT2D eigenvalue weighted by Gasteiger charge is -2.06. The molecule has 0 radical (unpaired) electrons. The minimum atomic E-state index is -0.609. The molecule has 21 heavy (non-hydrogen) atoms. The molecule has 0 saturated heterocycles. The number of nitrogens with zero attached hydrogens (tertiary/aromatic N) is 1. The highest BCUT2D eigenvalue weighted by Crippen LogP contribution is 2.27. The van der Waals surface area contributed by atoms with Crippen LogP contribution in [0.3, 0.4) is 0 Å². The van der Waals surface area contributed by atoms with E-state index in [-0.39, 0.29) is 16.3 Å². The zero-order chi connectivity index (χ0) is 15.4. The number of benzene rings is 1. The molecule has 1 heterocycles. The van der Waals surface area contributed by atoms with Crippen LogP contribution in [0.5, 0.6) is 0 Å². The zero-order valence-electron chi connectivity index (χ0n) is 10.6. The van der Waals surface area contributed by atoms with Gasteiger partial charge in [0.2, 0.25) is 0 Å². The molecule has 0 aliphatic heterocycles. The standard InChI is InChI=1S/C13H10BrClN2O3S/c14-11-5-4-8(21-11)6-7-16-13(18)9-2-1-3-10(12(9)15)17(19)20/h1-5H,6-7H2,(H,16,18). The number of hydrogen-bond donors (Lipinski definition) is 1. The molecule has 0 spiro atoms. The molecule has 1 aromatic carbocycles. The van der Waals surface area contributed by atoms with E-state index in [1.807, 2.05) is 12.1 Å². The van der Waals surface area contributed by atoms with Crippen LogP contribution in [0.2, 0.25) is 5.02 Å². The first-order valence-corrected chi connectivity index (χ1v) is 7.93. The van der Waals surface area contributed by atoms with E-state index in [0.717, 1.165) is 8.66 Å². The van der Waals surface area contributed by atoms with Gasteiger partial charge in [-0.2, -0.15) is 0 Å². The maximum Gasteiger partial charge on any atom is 0.288 e. The van der Waals surface area contributed by atoms with Gasteiger partial charge >= 0.3 is 0 Å². The molecule has 2 rings (SSSR count). The summed E-state index contributed by atoms with van der Waals surface area (Å²) < 4.78 is 1.03. The monoisotopic (exact) mass is 388 g/mol. The van der Waals surface area contributed by atoms with Gasteiger partial charge in [-0.3, -0.25) is 14.9 Å². The minimum absolute atomic E-state index is 0.109. The van der Waals surface area contributed by atoms with E-state index >= 15 is 0 Å². The van der Waals surface area contributed by atoms with Crippen molar-refractivity contribution in [2.45, 2.75) is 6.42 Å². The summed E-state index contributed by atoms with van der Waals surface area (Å²) in [6.07, 6.45) is 0.689. The summed E-state index contributed by atoms with van der Waals surface area (Å²) in [4.78, 5) is 23.3. The van der Waals surface area contributed by atoms with Crippen molar-refractivity contribution in [3.05, 3.63) is 59.7 Å². The van der Waals surface area contributed by atoms with Crippen molar-refractivity contribution in [3.63, 3.8) is 0 Å². The number of hydrogen-bond acceptors (Lipinski definition) is 4. The Hall–Kier alpha value is -1.44. The number of carbonyl (C=O) groups is 1. The molecule has 0 bridgehead atoms. The summed E-state index contributed by atoms with van der Waals surface area (Å²) in [6.45, 7) is 0.435. The van der Waals surface area contributed by atoms with Gasteiger partial charge in [-0.15, -0.1) is 11.3 Å². The fourth-order valence-electron chi connectivity index (χ4n) is 1.72. The van der Waals surface area contributed by atoms with E-state index < -0.39 is 10.8 Å². The molecule has 1 N–H and O–H groups in total. The Kier molecular flexibility index (Phi) is 5.33. The van der Waals surface area contributed by atoms with Crippen LogP contribution in [-0.4, -0.2) is 17.4 Å². The lowest BCUT2D eigenvalue weighted by Crippen LogP contribution is -2.25. The van der Waals surface area contributed by atoms with Crippen LogP contribution in [0.15, 0.2) is 34.1 Å². The summed E-state index contributed by atoms with van der Waals surface area (Å²) in [7, 11) is 0. The number of nitro groups is 1. The van der Waals surface area contributed by atoms with E-state index in [4.69, 9.17) is 11.6 Å². The van der Waals surface area contributed by atoms with Crippen LogP contribution in [0.1, 0.15) is 15.2 Å². The maximum absolute atomic E-state index is 12.0. The fourth-order valence-corrected chi connectivity index (χ4v) is 3.48. The number of nitrogens with one attached hydrogen (secondary N) is 1. The second-order valence-corrected chi connectivity index (χ2v) is 7.03. The third kappa shape index (κ3) is 4.03. The van der Waals surface area contributed by atoms with Crippen molar-refractivity contribution in [2.24, 2.45) is 0 Å². The Balaban J connectivity index is 2.00. The Morgan fingerprint density at radius 2 is 2.14 bits per heavy atom. The Morgan fingerprint density at radius 3 is 2.76 bits per heavy atom. The molecule has 110 valence electrons. The van der Waals surface area contributed by atoms with Gasteiger partial charge in [0.1, 0.15) is 5.02 Å². The van der Waals surface area contributed by atoms with Gasteiger partial charge in [-0.1, -0.05) is 17.7 Å². The lowest BCUT2D eigenvalue weighted by molar-refractivity contribution is -0.384. The average Bonchev–Trinajstić information content (AvgIpc) is 2.84. The largest absolute Gasteiger partial charge is 0.352 e. The zero-order valence-corrected chi connectivity index (χ0v) is 13.8. The molecule has 0 saturated carbocycles. The Labute approximate surface area is 138 Å². The molecular formula is C13H10BrClN2O3S. The van der Waals surface area contributed by atoms with Crippen molar-refractivity contribution in [2.75, 3.05) is 6.54 Å². The van der Waals surface area contributed by atoms with Gasteiger partial charge in [0.25, 0.3) is 11.6 Å². The van der Waals surface area contributed by atoms with E-state index in [9.17, 15) is 14.9 Å². The van der Waals surface area contributed by atoms with Crippen molar-refractivity contribution < 1.29 is 9.72 Å². The third-order valence-corrected chi connectivity index (χ3v) is 4.79. The van der Waals surface area contributed by atoms with Crippen LogP contribution >= 0.6 is 38.9 Å². The number of halogens is 2. The number of rotatable bonds is 5. The van der Waals surface area contributed by atoms with Crippen LogP contribution in [0.25, 0.3) is 0 Å². The summed E-state index contributed by atoms with van der Waals surface area (Å²) in [5, 5.41) is 13.4. The van der Waals surface area contributed by atoms with E-state index in [0.29, 0.717) is 13.0 Å². The van der Waals surface area contributed by atoms with Crippen molar-refractivity contribution in [1.82, 2.24) is 5.32 Å². The molecule has 8 heteroatoms. The highest BCUT2D eigenvalue weighted by molar-refractivity contribution is 9.11. The molecule has 0 aliphatic carbocycles. The molecule has 0 unspecified atom stereocenters. The predicted octanol–water partition coefficient (Wildman–Crippen LogP) is 4.04. The highest BCUT2D eigenvalue weighted by atomic mass is 79.9. The van der Waals surface area contributed by atoms with Crippen molar-refractivity contribution in [1.29, 1.82) is 0 Å². The second kappa shape index (κ2) is 7.02. The van der Waals surface area contributed by atoms with E-state index in [1.165, 1.54) is 18.2 Å². The molecule has 2 aromatic rings. The van der Waals surface area contributed by atoms with Gasteiger partial charge < -0.3 is 5.32 Å². The molecule has 0 atom stereocenters. The van der Waals surface area contributed by atoms with Gasteiger partial charge in [0, 0.05) is 17.5 Å². The summed E-state index contributed by atoms with van der Waals surface area (Å²) >= 11 is 10.9. The van der Waals surface area contributed by atoms with E-state index in [2.05, 4.69) is 21.2 Å².